The minimum absolute atomic E-state index is 0.0654. The predicted octanol–water partition coefficient (Wildman–Crippen LogP) is 4.53. The average molecular weight is 385 g/mol. The van der Waals surface area contributed by atoms with E-state index in [1.54, 1.807) is 18.2 Å². The molecule has 1 aromatic heterocycles. The van der Waals surface area contributed by atoms with Crippen molar-refractivity contribution < 1.29 is 18.7 Å². The lowest BCUT2D eigenvalue weighted by Gasteiger charge is -2.30. The van der Waals surface area contributed by atoms with Crippen molar-refractivity contribution in [3.8, 4) is 5.88 Å². The summed E-state index contributed by atoms with van der Waals surface area (Å²) < 4.78 is 25.4. The molecule has 1 aliphatic rings. The molecule has 0 spiro atoms. The fourth-order valence-corrected chi connectivity index (χ4v) is 3.27. The van der Waals surface area contributed by atoms with Gasteiger partial charge < -0.3 is 14.8 Å². The Bertz CT molecular complexity index is 795. The van der Waals surface area contributed by atoms with Crippen LogP contribution >= 0.6 is 23.2 Å². The molecule has 1 aliphatic heterocycles. The maximum Gasteiger partial charge on any atom is 0.410 e. The zero-order valence-electron chi connectivity index (χ0n) is 13.3. The van der Waals surface area contributed by atoms with Crippen LogP contribution in [0.2, 0.25) is 10.0 Å². The highest BCUT2D eigenvalue weighted by atomic mass is 35.5. The van der Waals surface area contributed by atoms with Gasteiger partial charge in [-0.2, -0.15) is 4.39 Å². The van der Waals surface area contributed by atoms with Crippen molar-refractivity contribution in [2.75, 3.05) is 6.61 Å². The summed E-state index contributed by atoms with van der Waals surface area (Å²) in [7, 11) is 0. The van der Waals surface area contributed by atoms with Crippen molar-refractivity contribution in [2.45, 2.75) is 25.7 Å². The van der Waals surface area contributed by atoms with Crippen LogP contribution in [0.25, 0.3) is 0 Å². The maximum atomic E-state index is 15.1. The van der Waals surface area contributed by atoms with Crippen molar-refractivity contribution in [3.05, 3.63) is 57.2 Å². The van der Waals surface area contributed by atoms with Gasteiger partial charge in [0.25, 0.3) is 5.85 Å². The highest BCUT2D eigenvalue weighted by Gasteiger charge is 2.42. The Kier molecular flexibility index (Phi) is 5.01. The molecule has 5 nitrogen and oxygen atoms in total. The Morgan fingerprint density at radius 2 is 2.28 bits per heavy atom. The molecular weight excluding hydrogens is 370 g/mol. The van der Waals surface area contributed by atoms with Gasteiger partial charge in [0.15, 0.2) is 0 Å². The molecule has 2 aromatic rings. The number of hydrogen-bond acceptors (Lipinski definition) is 4. The Hall–Kier alpha value is -2.05. The second-order valence-corrected chi connectivity index (χ2v) is 6.45. The number of alkyl halides is 1. The molecule has 0 saturated carbocycles. The van der Waals surface area contributed by atoms with Gasteiger partial charge in [-0.15, -0.1) is 0 Å². The van der Waals surface area contributed by atoms with E-state index in [-0.39, 0.29) is 31.0 Å². The molecule has 1 aromatic carbocycles. The van der Waals surface area contributed by atoms with Gasteiger partial charge in [-0.05, 0) is 42.3 Å². The number of nitrogens with one attached hydrogen (secondary N) is 1. The van der Waals surface area contributed by atoms with Gasteiger partial charge in [-0.3, -0.25) is 0 Å². The second-order valence-electron chi connectivity index (χ2n) is 5.61. The molecule has 0 aliphatic carbocycles. The topological polar surface area (TPSA) is 60.5 Å². The van der Waals surface area contributed by atoms with Gasteiger partial charge >= 0.3 is 6.09 Å². The van der Waals surface area contributed by atoms with Crippen LogP contribution in [0.5, 0.6) is 5.88 Å². The lowest BCUT2D eigenvalue weighted by molar-refractivity contribution is -0.125. The number of hydrogen-bond donors (Lipinski definition) is 1. The summed E-state index contributed by atoms with van der Waals surface area (Å²) in [5, 5.41) is 3.43. The number of rotatable bonds is 3. The number of carbonyl (C=O) groups excluding carboxylic acids is 1. The van der Waals surface area contributed by atoms with E-state index < -0.39 is 11.9 Å². The number of fused-ring (bicyclic) bond motifs is 1. The van der Waals surface area contributed by atoms with Crippen LogP contribution in [0.1, 0.15) is 23.1 Å². The standard InChI is InChI=1S/C17H15Cl2FN2O3/c1-10-7-11(18)8-14(19)12(10)9-22-16(23)25-17(20)4-6-24-15-13(17)3-2-5-21-15/h2-3,5,7-8H,4,6,9H2,1H3,(H,22,23). The predicted molar refractivity (Wildman–Crippen MR) is 91.7 cm³/mol. The Morgan fingerprint density at radius 1 is 1.48 bits per heavy atom. The lowest BCUT2D eigenvalue weighted by Crippen LogP contribution is -2.37. The largest absolute Gasteiger partial charge is 0.477 e. The number of alkyl carbamates (subject to hydrolysis) is 1. The van der Waals surface area contributed by atoms with Crippen molar-refractivity contribution >= 4 is 29.3 Å². The first-order chi connectivity index (χ1) is 11.9. The number of aromatic nitrogens is 1. The maximum absolute atomic E-state index is 15.1. The van der Waals surface area contributed by atoms with Crippen molar-refractivity contribution in [2.24, 2.45) is 0 Å². The van der Waals surface area contributed by atoms with Gasteiger partial charge in [0, 0.05) is 22.8 Å². The van der Waals surface area contributed by atoms with E-state index >= 15 is 4.39 Å². The second kappa shape index (κ2) is 7.06. The lowest BCUT2D eigenvalue weighted by atomic mass is 10.0. The molecule has 132 valence electrons. The number of amides is 1. The van der Waals surface area contributed by atoms with Crippen molar-refractivity contribution in [1.29, 1.82) is 0 Å². The zero-order chi connectivity index (χ0) is 18.0. The van der Waals surface area contributed by atoms with Gasteiger partial charge in [0.05, 0.1) is 18.6 Å². The molecule has 0 fully saturated rings. The molecule has 0 saturated heterocycles. The molecule has 25 heavy (non-hydrogen) atoms. The summed E-state index contributed by atoms with van der Waals surface area (Å²) in [5.74, 6) is -2.16. The number of carbonyl (C=O) groups is 1. The number of ether oxygens (including phenoxy) is 2. The summed E-state index contributed by atoms with van der Waals surface area (Å²) in [6, 6.07) is 6.34. The summed E-state index contributed by atoms with van der Waals surface area (Å²) in [4.78, 5) is 16.0. The number of pyridine rings is 1. The normalized spacial score (nSPS) is 18.9. The Labute approximate surface area is 154 Å². The van der Waals surface area contributed by atoms with Crippen LogP contribution in [0.4, 0.5) is 9.18 Å². The van der Waals surface area contributed by atoms with Gasteiger partial charge in [-0.1, -0.05) is 23.2 Å². The van der Waals surface area contributed by atoms with Crippen LogP contribution < -0.4 is 10.1 Å². The molecule has 2 heterocycles. The summed E-state index contributed by atoms with van der Waals surface area (Å²) in [6.45, 7) is 1.97. The molecule has 8 heteroatoms. The van der Waals surface area contributed by atoms with Crippen LogP contribution in [0.3, 0.4) is 0 Å². The molecular formula is C17H15Cl2FN2O3. The third-order valence-electron chi connectivity index (χ3n) is 3.88. The summed E-state index contributed by atoms with van der Waals surface area (Å²) in [5.41, 5.74) is 1.59. The molecule has 1 amide bonds. The van der Waals surface area contributed by atoms with Crippen LogP contribution in [0.15, 0.2) is 30.5 Å². The highest BCUT2D eigenvalue weighted by molar-refractivity contribution is 6.35. The summed E-state index contributed by atoms with van der Waals surface area (Å²) in [6.07, 6.45) is 0.472. The molecule has 0 bridgehead atoms. The van der Waals surface area contributed by atoms with Crippen molar-refractivity contribution in [3.63, 3.8) is 0 Å². The van der Waals surface area contributed by atoms with E-state index in [0.717, 1.165) is 5.56 Å². The van der Waals surface area contributed by atoms with E-state index in [1.807, 2.05) is 6.92 Å². The number of nitrogens with zero attached hydrogens (tertiary/aromatic N) is 1. The third-order valence-corrected chi connectivity index (χ3v) is 4.44. The SMILES string of the molecule is Cc1cc(Cl)cc(Cl)c1CNC(=O)OC1(F)CCOc2ncccc21. The van der Waals surface area contributed by atoms with E-state index in [2.05, 4.69) is 10.3 Å². The van der Waals surface area contributed by atoms with E-state index in [1.165, 1.54) is 12.3 Å². The molecule has 0 radical (unpaired) electrons. The molecule has 3 rings (SSSR count). The molecule has 1 atom stereocenters. The smallest absolute Gasteiger partial charge is 0.410 e. The van der Waals surface area contributed by atoms with Crippen molar-refractivity contribution in [1.82, 2.24) is 10.3 Å². The minimum atomic E-state index is -2.29. The zero-order valence-corrected chi connectivity index (χ0v) is 14.8. The average Bonchev–Trinajstić information content (AvgIpc) is 2.54. The first-order valence-corrected chi connectivity index (χ1v) is 8.33. The monoisotopic (exact) mass is 384 g/mol. The van der Waals surface area contributed by atoms with E-state index in [4.69, 9.17) is 32.7 Å². The minimum Gasteiger partial charge on any atom is -0.477 e. The summed E-state index contributed by atoms with van der Waals surface area (Å²) >= 11 is 12.0. The van der Waals surface area contributed by atoms with Gasteiger partial charge in [0.1, 0.15) is 0 Å². The number of benzene rings is 1. The van der Waals surface area contributed by atoms with Gasteiger partial charge in [0.2, 0.25) is 5.88 Å². The number of halogens is 3. The van der Waals surface area contributed by atoms with Crippen LogP contribution in [-0.4, -0.2) is 17.7 Å². The fourth-order valence-electron chi connectivity index (χ4n) is 2.61. The van der Waals surface area contributed by atoms with E-state index in [0.29, 0.717) is 15.6 Å². The van der Waals surface area contributed by atoms with E-state index in [9.17, 15) is 4.79 Å². The van der Waals surface area contributed by atoms with Crippen LogP contribution in [-0.2, 0) is 17.1 Å². The Morgan fingerprint density at radius 3 is 3.04 bits per heavy atom. The first kappa shape index (κ1) is 17.8. The van der Waals surface area contributed by atoms with Gasteiger partial charge in [-0.25, -0.2) is 9.78 Å². The quantitative estimate of drug-likeness (QED) is 0.844. The fraction of sp³-hybridized carbons (Fsp3) is 0.294. The number of aryl methyl sites for hydroxylation is 1. The first-order valence-electron chi connectivity index (χ1n) is 7.57. The Balaban J connectivity index is 1.70. The third kappa shape index (κ3) is 3.80. The van der Waals surface area contributed by atoms with Crippen LogP contribution in [0, 0.1) is 6.92 Å². The molecule has 1 unspecified atom stereocenters. The highest BCUT2D eigenvalue weighted by Crippen LogP contribution is 2.39. The molecule has 1 N–H and O–H groups in total.